The number of halogens is 5. The highest BCUT2D eigenvalue weighted by Crippen LogP contribution is 2.20. The lowest BCUT2D eigenvalue weighted by Gasteiger charge is -2.10. The first-order chi connectivity index (χ1) is 8.83. The molecule has 0 fully saturated rings. The number of benzene rings is 1. The van der Waals surface area contributed by atoms with Gasteiger partial charge in [0.15, 0.2) is 11.6 Å². The van der Waals surface area contributed by atoms with Crippen molar-refractivity contribution in [2.45, 2.75) is 6.18 Å². The van der Waals surface area contributed by atoms with Crippen LogP contribution < -0.4 is 5.32 Å². The fourth-order valence-electron chi connectivity index (χ4n) is 1.24. The van der Waals surface area contributed by atoms with Crippen molar-refractivity contribution >= 4 is 5.69 Å². The number of rotatable bonds is 5. The van der Waals surface area contributed by atoms with E-state index in [9.17, 15) is 22.0 Å². The third kappa shape index (κ3) is 5.09. The normalized spacial score (nSPS) is 11.2. The van der Waals surface area contributed by atoms with Gasteiger partial charge >= 0.3 is 6.18 Å². The summed E-state index contributed by atoms with van der Waals surface area (Å²) in [4.78, 5) is 0. The van der Waals surface area contributed by atoms with Crippen LogP contribution in [0.2, 0.25) is 0 Å². The van der Waals surface area contributed by atoms with Crippen LogP contribution in [-0.2, 0) is 4.74 Å². The summed E-state index contributed by atoms with van der Waals surface area (Å²) < 4.78 is 66.1. The molecule has 0 spiro atoms. The lowest BCUT2D eigenvalue weighted by atomic mass is 10.2. The summed E-state index contributed by atoms with van der Waals surface area (Å²) in [6, 6.07) is 3.21. The van der Waals surface area contributed by atoms with Gasteiger partial charge in [-0.25, -0.2) is 8.78 Å². The lowest BCUT2D eigenvalue weighted by molar-refractivity contribution is -0.172. The molecule has 1 aromatic carbocycles. The molecule has 0 amide bonds. The first-order valence-corrected chi connectivity index (χ1v) is 5.11. The van der Waals surface area contributed by atoms with Crippen LogP contribution in [0, 0.1) is 23.0 Å². The minimum absolute atomic E-state index is 0.186. The second-order valence-electron chi connectivity index (χ2n) is 3.52. The van der Waals surface area contributed by atoms with Gasteiger partial charge < -0.3 is 10.1 Å². The summed E-state index contributed by atoms with van der Waals surface area (Å²) >= 11 is 0. The fourth-order valence-corrected chi connectivity index (χ4v) is 1.24. The number of nitrogens with one attached hydrogen (secondary N) is 1. The van der Waals surface area contributed by atoms with E-state index in [1.807, 2.05) is 0 Å². The van der Waals surface area contributed by atoms with Crippen molar-refractivity contribution < 1.29 is 26.7 Å². The third-order valence-corrected chi connectivity index (χ3v) is 1.99. The quantitative estimate of drug-likeness (QED) is 0.666. The largest absolute Gasteiger partial charge is 0.411 e. The molecule has 1 N–H and O–H groups in total. The van der Waals surface area contributed by atoms with E-state index in [0.717, 1.165) is 12.1 Å². The molecule has 19 heavy (non-hydrogen) atoms. The molecule has 0 aliphatic carbocycles. The molecular weight excluding hydrogens is 271 g/mol. The Morgan fingerprint density at radius 2 is 1.79 bits per heavy atom. The van der Waals surface area contributed by atoms with Gasteiger partial charge in [0.2, 0.25) is 0 Å². The van der Waals surface area contributed by atoms with Crippen LogP contribution in [0.25, 0.3) is 0 Å². The number of nitriles is 1. The Balaban J connectivity index is 2.49. The number of hydrogen-bond donors (Lipinski definition) is 1. The predicted octanol–water partition coefficient (Wildman–Crippen LogP) is 2.83. The summed E-state index contributed by atoms with van der Waals surface area (Å²) in [6.07, 6.45) is -4.44. The molecule has 8 heteroatoms. The highest BCUT2D eigenvalue weighted by atomic mass is 19.4. The van der Waals surface area contributed by atoms with Crippen LogP contribution >= 0.6 is 0 Å². The van der Waals surface area contributed by atoms with Gasteiger partial charge in [0.05, 0.1) is 18.2 Å². The monoisotopic (exact) mass is 280 g/mol. The molecule has 3 nitrogen and oxygen atoms in total. The van der Waals surface area contributed by atoms with Gasteiger partial charge in [0, 0.05) is 6.54 Å². The van der Waals surface area contributed by atoms with E-state index in [2.05, 4.69) is 10.1 Å². The molecule has 0 saturated heterocycles. The molecular formula is C11H9F5N2O. The van der Waals surface area contributed by atoms with Crippen LogP contribution in [0.15, 0.2) is 12.1 Å². The summed E-state index contributed by atoms with van der Waals surface area (Å²) in [5, 5.41) is 10.7. The summed E-state index contributed by atoms with van der Waals surface area (Å²) in [5.74, 6) is -1.99. The van der Waals surface area contributed by atoms with Crippen molar-refractivity contribution in [1.82, 2.24) is 0 Å². The van der Waals surface area contributed by atoms with Gasteiger partial charge in [0.1, 0.15) is 12.3 Å². The van der Waals surface area contributed by atoms with E-state index in [1.165, 1.54) is 0 Å². The minimum atomic E-state index is -4.44. The number of ether oxygens (including phenoxy) is 1. The number of nitrogens with zero attached hydrogens (tertiary/aromatic N) is 1. The Labute approximate surface area is 105 Å². The molecule has 0 unspecified atom stereocenters. The summed E-state index contributed by atoms with van der Waals surface area (Å²) in [5.41, 5.74) is -0.691. The van der Waals surface area contributed by atoms with Gasteiger partial charge in [-0.2, -0.15) is 18.4 Å². The second-order valence-corrected chi connectivity index (χ2v) is 3.52. The first-order valence-electron chi connectivity index (χ1n) is 5.11. The highest BCUT2D eigenvalue weighted by Gasteiger charge is 2.27. The average Bonchev–Trinajstić information content (AvgIpc) is 2.30. The average molecular weight is 280 g/mol. The maximum Gasteiger partial charge on any atom is 0.411 e. The summed E-state index contributed by atoms with van der Waals surface area (Å²) in [6.45, 7) is -1.98. The van der Waals surface area contributed by atoms with E-state index < -0.39 is 30.1 Å². The first kappa shape index (κ1) is 15.2. The van der Waals surface area contributed by atoms with Crippen molar-refractivity contribution in [2.24, 2.45) is 0 Å². The van der Waals surface area contributed by atoms with E-state index >= 15 is 0 Å². The Morgan fingerprint density at radius 1 is 1.21 bits per heavy atom. The molecule has 0 heterocycles. The third-order valence-electron chi connectivity index (χ3n) is 1.99. The molecule has 0 aliphatic heterocycles. The molecule has 0 aromatic heterocycles. The van der Waals surface area contributed by atoms with Gasteiger partial charge in [-0.3, -0.25) is 0 Å². The van der Waals surface area contributed by atoms with Crippen molar-refractivity contribution in [1.29, 1.82) is 5.26 Å². The molecule has 1 aromatic rings. The standard InChI is InChI=1S/C11H9F5N2O/c12-8-3-7(5-17)4-9(13)10(8)18-1-2-19-6-11(14,15)16/h3-4,18H,1-2,6H2. The molecule has 0 saturated carbocycles. The van der Waals surface area contributed by atoms with Gasteiger partial charge in [-0.1, -0.05) is 0 Å². The molecule has 0 aliphatic rings. The van der Waals surface area contributed by atoms with Crippen molar-refractivity contribution in [3.8, 4) is 6.07 Å². The molecule has 0 bridgehead atoms. The van der Waals surface area contributed by atoms with Crippen LogP contribution in [-0.4, -0.2) is 25.9 Å². The maximum absolute atomic E-state index is 13.3. The smallest absolute Gasteiger partial charge is 0.378 e. The molecule has 1 rings (SSSR count). The number of anilines is 1. The van der Waals surface area contributed by atoms with E-state index in [-0.39, 0.29) is 18.7 Å². The Morgan fingerprint density at radius 3 is 2.26 bits per heavy atom. The van der Waals surface area contributed by atoms with Crippen LogP contribution in [0.5, 0.6) is 0 Å². The zero-order valence-electron chi connectivity index (χ0n) is 9.52. The van der Waals surface area contributed by atoms with E-state index in [1.54, 1.807) is 6.07 Å². The molecule has 104 valence electrons. The second kappa shape index (κ2) is 6.33. The van der Waals surface area contributed by atoms with Gasteiger partial charge in [0.25, 0.3) is 0 Å². The zero-order valence-corrected chi connectivity index (χ0v) is 9.52. The minimum Gasteiger partial charge on any atom is -0.378 e. The molecule has 0 atom stereocenters. The van der Waals surface area contributed by atoms with Gasteiger partial charge in [-0.15, -0.1) is 0 Å². The van der Waals surface area contributed by atoms with Gasteiger partial charge in [-0.05, 0) is 12.1 Å². The van der Waals surface area contributed by atoms with Crippen LogP contribution in [0.3, 0.4) is 0 Å². The van der Waals surface area contributed by atoms with Crippen molar-refractivity contribution in [2.75, 3.05) is 25.1 Å². The fraction of sp³-hybridized carbons (Fsp3) is 0.364. The van der Waals surface area contributed by atoms with E-state index in [4.69, 9.17) is 5.26 Å². The highest BCUT2D eigenvalue weighted by molar-refractivity contribution is 5.50. The predicted molar refractivity (Wildman–Crippen MR) is 56.4 cm³/mol. The topological polar surface area (TPSA) is 45.0 Å². The van der Waals surface area contributed by atoms with Crippen molar-refractivity contribution in [3.05, 3.63) is 29.3 Å². The Bertz CT molecular complexity index is 458. The zero-order chi connectivity index (χ0) is 14.5. The summed E-state index contributed by atoms with van der Waals surface area (Å²) in [7, 11) is 0. The maximum atomic E-state index is 13.3. The van der Waals surface area contributed by atoms with Crippen molar-refractivity contribution in [3.63, 3.8) is 0 Å². The number of alkyl halides is 3. The Hall–Kier alpha value is -1.88. The molecule has 0 radical (unpaired) electrons. The van der Waals surface area contributed by atoms with Crippen LogP contribution in [0.1, 0.15) is 5.56 Å². The van der Waals surface area contributed by atoms with E-state index in [0.29, 0.717) is 0 Å². The number of hydrogen-bond acceptors (Lipinski definition) is 3. The lowest BCUT2D eigenvalue weighted by Crippen LogP contribution is -2.20. The van der Waals surface area contributed by atoms with Crippen LogP contribution in [0.4, 0.5) is 27.6 Å². The SMILES string of the molecule is N#Cc1cc(F)c(NCCOCC(F)(F)F)c(F)c1. The Kier molecular flexibility index (Phi) is 5.06.